The van der Waals surface area contributed by atoms with Crippen LogP contribution in [0.2, 0.25) is 0 Å². The lowest BCUT2D eigenvalue weighted by Crippen LogP contribution is -1.96. The van der Waals surface area contributed by atoms with Crippen molar-refractivity contribution in [2.24, 2.45) is 7.05 Å². The molecule has 24 heavy (non-hydrogen) atoms. The second-order valence-corrected chi connectivity index (χ2v) is 6.31. The van der Waals surface area contributed by atoms with Gasteiger partial charge in [0.2, 0.25) is 0 Å². The molecule has 6 nitrogen and oxygen atoms in total. The van der Waals surface area contributed by atoms with E-state index in [0.29, 0.717) is 0 Å². The molecule has 0 N–H and O–H groups in total. The number of hydrogen-bond acceptors (Lipinski definition) is 5. The van der Waals surface area contributed by atoms with Gasteiger partial charge in [-0.3, -0.25) is 4.98 Å². The van der Waals surface area contributed by atoms with E-state index in [4.69, 9.17) is 0 Å². The first-order valence-corrected chi connectivity index (χ1v) is 8.64. The molecule has 0 aromatic carbocycles. The van der Waals surface area contributed by atoms with E-state index >= 15 is 0 Å². The minimum Gasteiger partial charge on any atom is -0.332 e. The average Bonchev–Trinajstić information content (AvgIpc) is 3.26. The number of hydrogen-bond donors (Lipinski definition) is 0. The maximum Gasteiger partial charge on any atom is 0.168 e. The van der Waals surface area contributed by atoms with E-state index in [2.05, 4.69) is 31.4 Å². The number of thiazole rings is 1. The highest BCUT2D eigenvalue weighted by molar-refractivity contribution is 7.13. The highest BCUT2D eigenvalue weighted by Crippen LogP contribution is 2.18. The third kappa shape index (κ3) is 3.21. The number of pyridine rings is 1. The fraction of sp³-hybridized carbons (Fsp3) is 0.294. The molecule has 4 heterocycles. The van der Waals surface area contributed by atoms with Crippen molar-refractivity contribution in [1.82, 2.24) is 29.1 Å². The second kappa shape index (κ2) is 6.92. The van der Waals surface area contributed by atoms with Crippen LogP contribution < -0.4 is 0 Å². The number of fused-ring (bicyclic) bond motifs is 1. The van der Waals surface area contributed by atoms with Gasteiger partial charge in [-0.2, -0.15) is 0 Å². The molecule has 0 aliphatic heterocycles. The van der Waals surface area contributed by atoms with Crippen molar-refractivity contribution in [3.05, 3.63) is 47.8 Å². The van der Waals surface area contributed by atoms with Crippen molar-refractivity contribution in [2.75, 3.05) is 0 Å². The smallest absolute Gasteiger partial charge is 0.168 e. The van der Waals surface area contributed by atoms with E-state index in [1.165, 1.54) is 0 Å². The molecule has 7 heteroatoms. The van der Waals surface area contributed by atoms with Crippen molar-refractivity contribution in [1.29, 1.82) is 0 Å². The van der Waals surface area contributed by atoms with Crippen LogP contribution in [0.1, 0.15) is 18.4 Å². The molecular weight excluding hydrogens is 320 g/mol. The van der Waals surface area contributed by atoms with Crippen molar-refractivity contribution in [3.8, 4) is 10.8 Å². The van der Waals surface area contributed by atoms with Crippen molar-refractivity contribution in [2.45, 2.75) is 27.3 Å². The van der Waals surface area contributed by atoms with Crippen LogP contribution in [0.15, 0.2) is 36.2 Å². The fourth-order valence-corrected chi connectivity index (χ4v) is 3.22. The van der Waals surface area contributed by atoms with Gasteiger partial charge >= 0.3 is 0 Å². The Labute approximate surface area is 144 Å². The summed E-state index contributed by atoms with van der Waals surface area (Å²) in [6, 6.07) is 2.02. The van der Waals surface area contributed by atoms with E-state index < -0.39 is 0 Å². The Morgan fingerprint density at radius 1 is 1.12 bits per heavy atom. The monoisotopic (exact) mass is 340 g/mol. The molecule has 124 valence electrons. The largest absolute Gasteiger partial charge is 0.332 e. The topological polar surface area (TPSA) is 61.4 Å². The molecule has 0 fully saturated rings. The zero-order valence-electron chi connectivity index (χ0n) is 14.3. The van der Waals surface area contributed by atoms with Gasteiger partial charge in [-0.15, -0.1) is 11.3 Å². The number of nitrogens with zero attached hydrogens (tertiary/aromatic N) is 6. The molecule has 0 aliphatic rings. The Kier molecular flexibility index (Phi) is 4.71. The first kappa shape index (κ1) is 16.3. The van der Waals surface area contributed by atoms with Gasteiger partial charge in [0.05, 0.1) is 17.2 Å². The Morgan fingerprint density at radius 3 is 2.58 bits per heavy atom. The number of aromatic nitrogens is 6. The first-order chi connectivity index (χ1) is 11.6. The lowest BCUT2D eigenvalue weighted by molar-refractivity contribution is 0.752. The van der Waals surface area contributed by atoms with Gasteiger partial charge in [0.1, 0.15) is 5.82 Å². The SMILES string of the molecule is CCn1c(C)nc2cc(C)ncc21.Cn1ccnc1-c1nccs1. The normalized spacial score (nSPS) is 10.7. The van der Waals surface area contributed by atoms with Gasteiger partial charge in [-0.1, -0.05) is 0 Å². The average molecular weight is 340 g/mol. The van der Waals surface area contributed by atoms with Gasteiger partial charge < -0.3 is 9.13 Å². The van der Waals surface area contributed by atoms with Gasteiger partial charge in [0.15, 0.2) is 10.8 Å². The van der Waals surface area contributed by atoms with E-state index in [0.717, 1.165) is 39.9 Å². The fourth-order valence-electron chi connectivity index (χ4n) is 2.55. The summed E-state index contributed by atoms with van der Waals surface area (Å²) in [5.41, 5.74) is 3.20. The minimum atomic E-state index is 0.931. The van der Waals surface area contributed by atoms with Gasteiger partial charge in [0, 0.05) is 43.3 Å². The first-order valence-electron chi connectivity index (χ1n) is 7.76. The second-order valence-electron chi connectivity index (χ2n) is 5.42. The molecule has 0 spiro atoms. The number of rotatable bonds is 2. The summed E-state index contributed by atoms with van der Waals surface area (Å²) < 4.78 is 4.13. The summed E-state index contributed by atoms with van der Waals surface area (Å²) >= 11 is 1.60. The standard InChI is InChI=1S/C10H13N3.C7H7N3S/c1-4-13-8(3)12-9-5-7(2)11-6-10(9)13;1-10-4-2-8-6(10)7-9-3-5-11-7/h5-6H,4H2,1-3H3;2-5H,1H3. The summed E-state index contributed by atoms with van der Waals surface area (Å²) in [6.07, 6.45) is 7.37. The van der Waals surface area contributed by atoms with Crippen LogP contribution in [0.25, 0.3) is 21.9 Å². The third-order valence-electron chi connectivity index (χ3n) is 3.72. The summed E-state index contributed by atoms with van der Waals surface area (Å²) in [5.74, 6) is 1.99. The van der Waals surface area contributed by atoms with Crippen LogP contribution in [0.5, 0.6) is 0 Å². The molecule has 0 bridgehead atoms. The van der Waals surface area contributed by atoms with Crippen LogP contribution in [0.4, 0.5) is 0 Å². The highest BCUT2D eigenvalue weighted by Gasteiger charge is 2.05. The Hall–Kier alpha value is -2.54. The van der Waals surface area contributed by atoms with Gasteiger partial charge in [-0.25, -0.2) is 15.0 Å². The van der Waals surface area contributed by atoms with Crippen molar-refractivity contribution < 1.29 is 0 Å². The third-order valence-corrected chi connectivity index (χ3v) is 4.49. The maximum absolute atomic E-state index is 4.47. The molecule has 0 unspecified atom stereocenters. The molecular formula is C17H20N6S. The van der Waals surface area contributed by atoms with E-state index in [-0.39, 0.29) is 0 Å². The molecule has 0 amide bonds. The summed E-state index contributed by atoms with van der Waals surface area (Å²) in [7, 11) is 1.96. The Morgan fingerprint density at radius 2 is 1.96 bits per heavy atom. The lowest BCUT2D eigenvalue weighted by atomic mass is 10.3. The van der Waals surface area contributed by atoms with Crippen molar-refractivity contribution >= 4 is 22.4 Å². The maximum atomic E-state index is 4.47. The zero-order valence-corrected chi connectivity index (χ0v) is 15.1. The molecule has 4 aromatic rings. The number of imidazole rings is 2. The summed E-state index contributed by atoms with van der Waals surface area (Å²) in [5, 5.41) is 2.92. The van der Waals surface area contributed by atoms with Crippen LogP contribution >= 0.6 is 11.3 Å². The lowest BCUT2D eigenvalue weighted by Gasteiger charge is -2.00. The predicted molar refractivity (Wildman–Crippen MR) is 97.0 cm³/mol. The summed E-state index contributed by atoms with van der Waals surface area (Å²) in [6.45, 7) is 7.08. The summed E-state index contributed by atoms with van der Waals surface area (Å²) in [4.78, 5) is 17.1. The van der Waals surface area contributed by atoms with E-state index in [1.54, 1.807) is 23.7 Å². The Bertz CT molecular complexity index is 935. The van der Waals surface area contributed by atoms with Crippen LogP contribution in [0.3, 0.4) is 0 Å². The van der Waals surface area contributed by atoms with Crippen LogP contribution in [-0.2, 0) is 13.6 Å². The molecule has 4 rings (SSSR count). The zero-order chi connectivity index (χ0) is 17.1. The molecule has 0 saturated heterocycles. The highest BCUT2D eigenvalue weighted by atomic mass is 32.1. The Balaban J connectivity index is 0.000000143. The molecule has 0 aliphatic carbocycles. The van der Waals surface area contributed by atoms with E-state index in [9.17, 15) is 0 Å². The number of aryl methyl sites for hydroxylation is 4. The minimum absolute atomic E-state index is 0.931. The van der Waals surface area contributed by atoms with Gasteiger partial charge in [0.25, 0.3) is 0 Å². The predicted octanol–water partition coefficient (Wildman–Crippen LogP) is 3.61. The van der Waals surface area contributed by atoms with Gasteiger partial charge in [-0.05, 0) is 26.8 Å². The molecule has 0 radical (unpaired) electrons. The molecule has 0 atom stereocenters. The van der Waals surface area contributed by atoms with Crippen LogP contribution in [0, 0.1) is 13.8 Å². The quantitative estimate of drug-likeness (QED) is 0.559. The van der Waals surface area contributed by atoms with Crippen molar-refractivity contribution in [3.63, 3.8) is 0 Å². The molecule has 4 aromatic heterocycles. The van der Waals surface area contributed by atoms with Crippen LogP contribution in [-0.4, -0.2) is 29.1 Å². The van der Waals surface area contributed by atoms with E-state index in [1.807, 2.05) is 49.3 Å². The molecule has 0 saturated carbocycles.